The van der Waals surface area contributed by atoms with Crippen LogP contribution in [0.1, 0.15) is 26.7 Å². The van der Waals surface area contributed by atoms with E-state index >= 15 is 0 Å². The maximum Gasteiger partial charge on any atom is 0.0995 e. The number of hydrogen-bond acceptors (Lipinski definition) is 3. The van der Waals surface area contributed by atoms with E-state index in [1.54, 1.807) is 0 Å². The number of ether oxygens (including phenoxy) is 2. The van der Waals surface area contributed by atoms with Crippen molar-refractivity contribution in [3.8, 4) is 0 Å². The molecule has 1 saturated carbocycles. The van der Waals surface area contributed by atoms with Gasteiger partial charge < -0.3 is 9.47 Å². The summed E-state index contributed by atoms with van der Waals surface area (Å²) in [5.41, 5.74) is 0.395. The van der Waals surface area contributed by atoms with E-state index in [0.717, 1.165) is 32.2 Å². The van der Waals surface area contributed by atoms with Crippen LogP contribution in [-0.4, -0.2) is 37.4 Å². The Hall–Kier alpha value is -0.540. The maximum absolute atomic E-state index is 5.54. The summed E-state index contributed by atoms with van der Waals surface area (Å²) in [4.78, 5) is 2.39. The van der Waals surface area contributed by atoms with Gasteiger partial charge >= 0.3 is 0 Å². The van der Waals surface area contributed by atoms with Crippen LogP contribution in [0.3, 0.4) is 0 Å². The Kier molecular flexibility index (Phi) is 3.03. The molecule has 2 aliphatic rings. The summed E-state index contributed by atoms with van der Waals surface area (Å²) in [5.74, 6) is 0.826. The fourth-order valence-electron chi connectivity index (χ4n) is 2.09. The van der Waals surface area contributed by atoms with Crippen LogP contribution in [0, 0.1) is 5.41 Å². The molecule has 1 unspecified atom stereocenters. The zero-order valence-electron chi connectivity index (χ0n) is 9.79. The van der Waals surface area contributed by atoms with Crippen molar-refractivity contribution in [1.82, 2.24) is 4.90 Å². The zero-order chi connectivity index (χ0) is 10.9. The monoisotopic (exact) mass is 211 g/mol. The Labute approximate surface area is 92.0 Å². The highest BCUT2D eigenvalue weighted by Gasteiger charge is 2.45. The Morgan fingerprint density at radius 1 is 1.60 bits per heavy atom. The molecule has 0 radical (unpaired) electrons. The second kappa shape index (κ2) is 4.14. The van der Waals surface area contributed by atoms with Crippen LogP contribution < -0.4 is 0 Å². The average Bonchev–Trinajstić information content (AvgIpc) is 2.81. The molecule has 0 spiro atoms. The highest BCUT2D eigenvalue weighted by atomic mass is 16.5. The molecule has 1 atom stereocenters. The van der Waals surface area contributed by atoms with Crippen LogP contribution in [0.25, 0.3) is 0 Å². The van der Waals surface area contributed by atoms with E-state index in [1.165, 1.54) is 12.8 Å². The molecule has 1 heterocycles. The van der Waals surface area contributed by atoms with E-state index in [4.69, 9.17) is 9.47 Å². The Balaban J connectivity index is 1.76. The van der Waals surface area contributed by atoms with Crippen LogP contribution in [0.2, 0.25) is 0 Å². The third-order valence-electron chi connectivity index (χ3n) is 3.20. The molecule has 0 aromatic heterocycles. The van der Waals surface area contributed by atoms with Crippen molar-refractivity contribution >= 4 is 0 Å². The fraction of sp³-hybridized carbons (Fsp3) is 0.833. The minimum absolute atomic E-state index is 0.392. The molecule has 0 N–H and O–H groups in total. The number of hydrogen-bond donors (Lipinski definition) is 0. The molecular weight excluding hydrogens is 190 g/mol. The third-order valence-corrected chi connectivity index (χ3v) is 3.20. The second-order valence-electron chi connectivity index (χ2n) is 5.11. The van der Waals surface area contributed by atoms with Crippen molar-refractivity contribution in [2.24, 2.45) is 5.41 Å². The van der Waals surface area contributed by atoms with Gasteiger partial charge in [0.2, 0.25) is 0 Å². The van der Waals surface area contributed by atoms with Gasteiger partial charge in [0.15, 0.2) is 0 Å². The van der Waals surface area contributed by atoms with Crippen LogP contribution in [0.4, 0.5) is 0 Å². The molecule has 15 heavy (non-hydrogen) atoms. The van der Waals surface area contributed by atoms with E-state index in [0.29, 0.717) is 11.5 Å². The van der Waals surface area contributed by atoms with Gasteiger partial charge in [-0.1, -0.05) is 6.58 Å². The first-order chi connectivity index (χ1) is 7.10. The largest absolute Gasteiger partial charge is 0.498 e. The predicted octanol–water partition coefficient (Wildman–Crippen LogP) is 2.00. The minimum atomic E-state index is 0.392. The van der Waals surface area contributed by atoms with E-state index < -0.39 is 0 Å². The molecule has 0 amide bonds. The second-order valence-corrected chi connectivity index (χ2v) is 5.11. The van der Waals surface area contributed by atoms with Gasteiger partial charge in [-0.15, -0.1) is 0 Å². The highest BCUT2D eigenvalue weighted by molar-refractivity contribution is 4.97. The molecule has 3 heteroatoms. The van der Waals surface area contributed by atoms with Crippen molar-refractivity contribution in [1.29, 1.82) is 0 Å². The lowest BCUT2D eigenvalue weighted by Gasteiger charge is -2.22. The summed E-state index contributed by atoms with van der Waals surface area (Å²) in [6.45, 7) is 11.6. The lowest BCUT2D eigenvalue weighted by Crippen LogP contribution is -2.31. The summed E-state index contributed by atoms with van der Waals surface area (Å²) in [6, 6.07) is 0. The summed E-state index contributed by atoms with van der Waals surface area (Å²) in [6.07, 6.45) is 2.96. The Morgan fingerprint density at radius 2 is 2.33 bits per heavy atom. The van der Waals surface area contributed by atoms with Gasteiger partial charge in [-0.3, -0.25) is 4.90 Å². The van der Waals surface area contributed by atoms with Crippen molar-refractivity contribution in [3.63, 3.8) is 0 Å². The summed E-state index contributed by atoms with van der Waals surface area (Å²) in [7, 11) is 0. The molecule has 2 rings (SSSR count). The van der Waals surface area contributed by atoms with Crippen LogP contribution in [0.15, 0.2) is 12.3 Å². The standard InChI is InChI=1S/C12H21NO2/c1-10(2)14-8-12(4-5-12)7-13-6-11(3)15-9-13/h11H,1,4-9H2,2-3H3. The highest BCUT2D eigenvalue weighted by Crippen LogP contribution is 2.47. The van der Waals surface area contributed by atoms with Crippen LogP contribution >= 0.6 is 0 Å². The van der Waals surface area contributed by atoms with Crippen LogP contribution in [0.5, 0.6) is 0 Å². The first-order valence-electron chi connectivity index (χ1n) is 5.72. The predicted molar refractivity (Wildman–Crippen MR) is 59.4 cm³/mol. The molecule has 2 fully saturated rings. The average molecular weight is 211 g/mol. The number of allylic oxidation sites excluding steroid dienone is 1. The molecule has 3 nitrogen and oxygen atoms in total. The van der Waals surface area contributed by atoms with E-state index in [9.17, 15) is 0 Å². The quantitative estimate of drug-likeness (QED) is 0.649. The topological polar surface area (TPSA) is 21.7 Å². The first-order valence-corrected chi connectivity index (χ1v) is 5.72. The van der Waals surface area contributed by atoms with Gasteiger partial charge in [0, 0.05) is 18.5 Å². The summed E-state index contributed by atoms with van der Waals surface area (Å²) >= 11 is 0. The van der Waals surface area contributed by atoms with Gasteiger partial charge in [-0.05, 0) is 26.7 Å². The summed E-state index contributed by atoms with van der Waals surface area (Å²) in [5, 5.41) is 0. The molecular formula is C12H21NO2. The van der Waals surface area contributed by atoms with Gasteiger partial charge in [0.05, 0.1) is 25.2 Å². The first kappa shape index (κ1) is 11.0. The molecule has 1 aliphatic carbocycles. The lowest BCUT2D eigenvalue weighted by molar-refractivity contribution is 0.0781. The van der Waals surface area contributed by atoms with Gasteiger partial charge in [-0.2, -0.15) is 0 Å². The van der Waals surface area contributed by atoms with Crippen molar-refractivity contribution in [2.45, 2.75) is 32.8 Å². The Morgan fingerprint density at radius 3 is 2.80 bits per heavy atom. The smallest absolute Gasteiger partial charge is 0.0995 e. The SMILES string of the molecule is C=C(C)OCC1(CN2COC(C)C2)CC1. The van der Waals surface area contributed by atoms with Gasteiger partial charge in [-0.25, -0.2) is 0 Å². The fourth-order valence-corrected chi connectivity index (χ4v) is 2.09. The number of rotatable bonds is 5. The minimum Gasteiger partial charge on any atom is -0.498 e. The molecule has 1 saturated heterocycles. The lowest BCUT2D eigenvalue weighted by atomic mass is 10.1. The van der Waals surface area contributed by atoms with Gasteiger partial charge in [0.25, 0.3) is 0 Å². The summed E-state index contributed by atoms with van der Waals surface area (Å²) < 4.78 is 11.1. The van der Waals surface area contributed by atoms with E-state index in [1.807, 2.05) is 6.92 Å². The van der Waals surface area contributed by atoms with Crippen molar-refractivity contribution in [2.75, 3.05) is 26.4 Å². The molecule has 0 aromatic rings. The Bertz CT molecular complexity index is 248. The number of nitrogens with zero attached hydrogens (tertiary/aromatic N) is 1. The molecule has 0 aromatic carbocycles. The van der Waals surface area contributed by atoms with Crippen molar-refractivity contribution in [3.05, 3.63) is 12.3 Å². The van der Waals surface area contributed by atoms with Crippen LogP contribution in [-0.2, 0) is 9.47 Å². The normalized spacial score (nSPS) is 29.1. The maximum atomic E-state index is 5.54. The molecule has 86 valence electrons. The zero-order valence-corrected chi connectivity index (χ0v) is 9.79. The third kappa shape index (κ3) is 2.95. The molecule has 0 bridgehead atoms. The van der Waals surface area contributed by atoms with Crippen molar-refractivity contribution < 1.29 is 9.47 Å². The van der Waals surface area contributed by atoms with E-state index in [-0.39, 0.29) is 0 Å². The van der Waals surface area contributed by atoms with E-state index in [2.05, 4.69) is 18.4 Å². The van der Waals surface area contributed by atoms with Gasteiger partial charge in [0.1, 0.15) is 0 Å². The molecule has 1 aliphatic heterocycles.